The Kier molecular flexibility index (Phi) is 16.4. The molecule has 0 amide bonds. The zero-order valence-electron chi connectivity index (χ0n) is 10.0. The molecule has 0 aliphatic rings. The van der Waals surface area contributed by atoms with Gasteiger partial charge in [0.2, 0.25) is 0 Å². The quantitative estimate of drug-likeness (QED) is 0.415. The van der Waals surface area contributed by atoms with Crippen LogP contribution in [-0.2, 0) is 16.8 Å². The summed E-state index contributed by atoms with van der Waals surface area (Å²) in [6.45, 7) is 6.29. The van der Waals surface area contributed by atoms with Gasteiger partial charge in [-0.25, -0.2) is 0 Å². The van der Waals surface area contributed by atoms with Crippen molar-refractivity contribution in [3.63, 3.8) is 0 Å². The Morgan fingerprint density at radius 2 is 0.941 bits per heavy atom. The van der Waals surface area contributed by atoms with Gasteiger partial charge in [-0.3, -0.25) is 21.4 Å². The van der Waals surface area contributed by atoms with Gasteiger partial charge in [-0.15, -0.1) is 0 Å². The maximum atomic E-state index is 9.77. The van der Waals surface area contributed by atoms with E-state index in [2.05, 4.69) is 0 Å². The molecular formula is C8H18CoN4O4. The Morgan fingerprint density at radius 3 is 1.00 bits per heavy atom. The molecule has 8 nitrogen and oxygen atoms in total. The van der Waals surface area contributed by atoms with Crippen molar-refractivity contribution in [2.24, 2.45) is 0 Å². The van der Waals surface area contributed by atoms with E-state index in [9.17, 15) is 10.4 Å². The van der Waals surface area contributed by atoms with Crippen LogP contribution in [0.1, 0.15) is 27.7 Å². The summed E-state index contributed by atoms with van der Waals surface area (Å²) in [7, 11) is 0. The fourth-order valence-electron chi connectivity index (χ4n) is 0.321. The number of hydroxylamine groups is 4. The van der Waals surface area contributed by atoms with Crippen molar-refractivity contribution in [3.05, 3.63) is 33.2 Å². The van der Waals surface area contributed by atoms with Crippen molar-refractivity contribution < 1.29 is 27.2 Å². The molecule has 0 unspecified atom stereocenters. The Labute approximate surface area is 110 Å². The van der Waals surface area contributed by atoms with E-state index in [4.69, 9.17) is 10.4 Å². The first-order chi connectivity index (χ1) is 7.44. The minimum atomic E-state index is 0. The minimum Gasteiger partial charge on any atom is -0.761 e. The van der Waals surface area contributed by atoms with Crippen molar-refractivity contribution >= 4 is 0 Å². The molecule has 0 saturated heterocycles. The SMILES string of the molecule is C/C(N[O-])=C(\C)NO.C/C(N[O-])=C(\C)NO.[Co+2]. The van der Waals surface area contributed by atoms with Crippen LogP contribution >= 0.6 is 0 Å². The van der Waals surface area contributed by atoms with Gasteiger partial charge in [-0.2, -0.15) is 0 Å². The summed E-state index contributed by atoms with van der Waals surface area (Å²) in [4.78, 5) is 0. The molecule has 9 heteroatoms. The van der Waals surface area contributed by atoms with Crippen molar-refractivity contribution in [3.8, 4) is 0 Å². The molecule has 0 rings (SSSR count). The Balaban J connectivity index is -0.000000218. The van der Waals surface area contributed by atoms with Gasteiger partial charge in [0.25, 0.3) is 0 Å². The van der Waals surface area contributed by atoms with E-state index in [1.807, 2.05) is 11.0 Å². The molecular weight excluding hydrogens is 275 g/mol. The van der Waals surface area contributed by atoms with Gasteiger partial charge < -0.3 is 21.4 Å². The molecule has 17 heavy (non-hydrogen) atoms. The second-order valence-corrected chi connectivity index (χ2v) is 2.93. The number of nitrogens with one attached hydrogen (secondary N) is 4. The van der Waals surface area contributed by atoms with Crippen LogP contribution in [0.3, 0.4) is 0 Å². The molecule has 103 valence electrons. The minimum absolute atomic E-state index is 0. The molecule has 0 spiro atoms. The van der Waals surface area contributed by atoms with E-state index >= 15 is 0 Å². The number of allylic oxidation sites excluding steroid dienone is 4. The first-order valence-electron chi connectivity index (χ1n) is 4.36. The zero-order chi connectivity index (χ0) is 13.1. The van der Waals surface area contributed by atoms with Crippen LogP contribution < -0.4 is 21.9 Å². The first kappa shape index (κ1) is 21.3. The topological polar surface area (TPSA) is 135 Å². The maximum absolute atomic E-state index is 9.77. The van der Waals surface area contributed by atoms with Crippen molar-refractivity contribution in [2.45, 2.75) is 27.7 Å². The van der Waals surface area contributed by atoms with Crippen molar-refractivity contribution in [2.75, 3.05) is 0 Å². The smallest absolute Gasteiger partial charge is 0.761 e. The predicted molar refractivity (Wildman–Crippen MR) is 59.6 cm³/mol. The second kappa shape index (κ2) is 13.1. The number of rotatable bonds is 4. The largest absolute Gasteiger partial charge is 2.00 e. The molecule has 0 aromatic rings. The third kappa shape index (κ3) is 11.3. The standard InChI is InChI=1S/2C4H9N2O2.Co/c2*1-3(5-7)4(2)6-8;/h2*5-7H,1-2H3;/q2*-1;+2/b2*4-3-;. The molecule has 1 radical (unpaired) electrons. The van der Waals surface area contributed by atoms with E-state index in [0.29, 0.717) is 22.8 Å². The Morgan fingerprint density at radius 1 is 0.706 bits per heavy atom. The van der Waals surface area contributed by atoms with Crippen LogP contribution in [-0.4, -0.2) is 10.4 Å². The maximum Gasteiger partial charge on any atom is 2.00 e. The van der Waals surface area contributed by atoms with Crippen LogP contribution in [0.25, 0.3) is 0 Å². The average Bonchev–Trinajstić information content (AvgIpc) is 2.35. The van der Waals surface area contributed by atoms with E-state index in [-0.39, 0.29) is 16.8 Å². The summed E-state index contributed by atoms with van der Waals surface area (Å²) in [5, 5.41) is 35.8. The van der Waals surface area contributed by atoms with Crippen LogP contribution in [0.5, 0.6) is 0 Å². The monoisotopic (exact) mass is 293 g/mol. The predicted octanol–water partition coefficient (Wildman–Crippen LogP) is 0.605. The summed E-state index contributed by atoms with van der Waals surface area (Å²) in [5.74, 6) is 0. The average molecular weight is 293 g/mol. The van der Waals surface area contributed by atoms with Gasteiger partial charge in [-0.1, -0.05) is 0 Å². The fraction of sp³-hybridized carbons (Fsp3) is 0.500. The van der Waals surface area contributed by atoms with E-state index in [1.54, 1.807) is 38.7 Å². The molecule has 0 aromatic heterocycles. The summed E-state index contributed by atoms with van der Waals surface area (Å²) in [6, 6.07) is 0. The Bertz CT molecular complexity index is 208. The van der Waals surface area contributed by atoms with Gasteiger partial charge in [0.05, 0.1) is 11.4 Å². The Hall–Kier alpha value is -0.974. The summed E-state index contributed by atoms with van der Waals surface area (Å²) >= 11 is 0. The molecule has 0 saturated carbocycles. The van der Waals surface area contributed by atoms with E-state index < -0.39 is 0 Å². The van der Waals surface area contributed by atoms with Crippen LogP contribution in [0.2, 0.25) is 0 Å². The normalized spacial score (nSPS) is 11.8. The van der Waals surface area contributed by atoms with Crippen LogP contribution in [0.4, 0.5) is 0 Å². The molecule has 6 N–H and O–H groups in total. The van der Waals surface area contributed by atoms with Crippen LogP contribution in [0.15, 0.2) is 22.8 Å². The fourth-order valence-corrected chi connectivity index (χ4v) is 0.321. The van der Waals surface area contributed by atoms with Gasteiger partial charge in [0.15, 0.2) is 0 Å². The van der Waals surface area contributed by atoms with Gasteiger partial charge >= 0.3 is 16.8 Å². The zero-order valence-corrected chi connectivity index (χ0v) is 11.1. The van der Waals surface area contributed by atoms with Crippen molar-refractivity contribution in [1.29, 1.82) is 0 Å². The molecule has 0 bridgehead atoms. The molecule has 0 heterocycles. The summed E-state index contributed by atoms with van der Waals surface area (Å²) < 4.78 is 0. The third-order valence-corrected chi connectivity index (χ3v) is 1.77. The van der Waals surface area contributed by atoms with E-state index in [0.717, 1.165) is 0 Å². The van der Waals surface area contributed by atoms with E-state index in [1.165, 1.54) is 0 Å². The molecule has 0 fully saturated rings. The molecule has 0 aliphatic carbocycles. The van der Waals surface area contributed by atoms with Crippen LogP contribution in [0, 0.1) is 10.4 Å². The molecule has 0 aliphatic heterocycles. The second-order valence-electron chi connectivity index (χ2n) is 2.93. The first-order valence-corrected chi connectivity index (χ1v) is 4.36. The number of hydrogen-bond donors (Lipinski definition) is 6. The number of hydrogen-bond acceptors (Lipinski definition) is 8. The van der Waals surface area contributed by atoms with Gasteiger partial charge in [-0.05, 0) is 27.7 Å². The van der Waals surface area contributed by atoms with Gasteiger partial charge in [0.1, 0.15) is 0 Å². The van der Waals surface area contributed by atoms with Gasteiger partial charge in [0, 0.05) is 11.4 Å². The molecule has 0 atom stereocenters. The summed E-state index contributed by atoms with van der Waals surface area (Å²) in [5.41, 5.74) is 8.54. The van der Waals surface area contributed by atoms with Crippen molar-refractivity contribution in [1.82, 2.24) is 21.9 Å². The molecule has 0 aromatic carbocycles. The third-order valence-electron chi connectivity index (χ3n) is 1.77. The summed E-state index contributed by atoms with van der Waals surface area (Å²) in [6.07, 6.45) is 0.